The van der Waals surface area contributed by atoms with Gasteiger partial charge in [-0.25, -0.2) is 4.98 Å². The molecular formula is C31H39ClN7O3P. The van der Waals surface area contributed by atoms with Crippen molar-refractivity contribution >= 4 is 64.5 Å². The number of rotatable bonds is 10. The highest BCUT2D eigenvalue weighted by molar-refractivity contribution is 7.70. The molecule has 0 bridgehead atoms. The number of para-hydroxylation sites is 1. The zero-order valence-corrected chi connectivity index (χ0v) is 26.5. The van der Waals surface area contributed by atoms with E-state index in [1.54, 1.807) is 20.4 Å². The van der Waals surface area contributed by atoms with E-state index in [4.69, 9.17) is 16.3 Å². The Morgan fingerprint density at radius 3 is 2.47 bits per heavy atom. The number of anilines is 6. The van der Waals surface area contributed by atoms with Crippen molar-refractivity contribution in [3.63, 3.8) is 0 Å². The number of aromatic nitrogens is 2. The Morgan fingerprint density at radius 1 is 1.07 bits per heavy atom. The maximum atomic E-state index is 12.9. The zero-order valence-electron chi connectivity index (χ0n) is 24.9. The van der Waals surface area contributed by atoms with Crippen molar-refractivity contribution in [2.75, 3.05) is 67.5 Å². The van der Waals surface area contributed by atoms with Crippen molar-refractivity contribution in [2.24, 2.45) is 0 Å². The van der Waals surface area contributed by atoms with Gasteiger partial charge in [0, 0.05) is 30.5 Å². The largest absolute Gasteiger partial charge is 0.494 e. The smallest absolute Gasteiger partial charge is 0.247 e. The highest BCUT2D eigenvalue weighted by Gasteiger charge is 2.28. The molecule has 3 aromatic rings. The number of piperidine rings is 1. The molecule has 3 N–H and O–H groups in total. The van der Waals surface area contributed by atoms with Crippen LogP contribution in [0.4, 0.5) is 34.5 Å². The fourth-order valence-corrected chi connectivity index (χ4v) is 7.07. The van der Waals surface area contributed by atoms with Gasteiger partial charge in [-0.15, -0.1) is 0 Å². The number of nitrogens with zero attached hydrogens (tertiary/aromatic N) is 4. The van der Waals surface area contributed by atoms with E-state index in [2.05, 4.69) is 42.3 Å². The van der Waals surface area contributed by atoms with Crippen molar-refractivity contribution in [2.45, 2.75) is 31.7 Å². The first-order chi connectivity index (χ1) is 20.7. The molecule has 0 aliphatic carbocycles. The number of methoxy groups -OCH3 is 1. The minimum absolute atomic E-state index is 0.263. The second-order valence-corrected chi connectivity index (χ2v) is 14.8. The van der Waals surface area contributed by atoms with Crippen LogP contribution in [0.15, 0.2) is 55.3 Å². The topological polar surface area (TPSA) is 112 Å². The van der Waals surface area contributed by atoms with E-state index in [1.807, 2.05) is 36.4 Å². The predicted molar refractivity (Wildman–Crippen MR) is 177 cm³/mol. The molecule has 10 nitrogen and oxygen atoms in total. The van der Waals surface area contributed by atoms with Gasteiger partial charge in [0.2, 0.25) is 11.9 Å². The number of amides is 1. The summed E-state index contributed by atoms with van der Waals surface area (Å²) in [6, 6.07) is 11.7. The van der Waals surface area contributed by atoms with Gasteiger partial charge in [0.05, 0.1) is 36.1 Å². The quantitative estimate of drug-likeness (QED) is 0.183. The van der Waals surface area contributed by atoms with Gasteiger partial charge in [-0.1, -0.05) is 30.3 Å². The molecule has 3 heterocycles. The van der Waals surface area contributed by atoms with Crippen LogP contribution < -0.4 is 30.9 Å². The Labute approximate surface area is 258 Å². The molecular weight excluding hydrogens is 585 g/mol. The van der Waals surface area contributed by atoms with Crippen LogP contribution in [-0.4, -0.2) is 73.4 Å². The summed E-state index contributed by atoms with van der Waals surface area (Å²) in [5.74, 6) is 0.890. The molecule has 2 aliphatic heterocycles. The van der Waals surface area contributed by atoms with Crippen LogP contribution in [-0.2, 0) is 9.36 Å². The van der Waals surface area contributed by atoms with E-state index in [9.17, 15) is 9.36 Å². The number of ether oxygens (including phenoxy) is 1. The molecule has 0 saturated carbocycles. The average Bonchev–Trinajstić information content (AvgIpc) is 3.54. The third kappa shape index (κ3) is 7.32. The molecule has 0 unspecified atom stereocenters. The average molecular weight is 624 g/mol. The van der Waals surface area contributed by atoms with Crippen molar-refractivity contribution in [3.8, 4) is 5.75 Å². The number of hydrogen-bond acceptors (Lipinski definition) is 9. The second-order valence-electron chi connectivity index (χ2n) is 11.2. The summed E-state index contributed by atoms with van der Waals surface area (Å²) in [5, 5.41) is 10.4. The van der Waals surface area contributed by atoms with Crippen LogP contribution in [0.3, 0.4) is 0 Å². The van der Waals surface area contributed by atoms with E-state index in [-0.39, 0.29) is 11.9 Å². The summed E-state index contributed by atoms with van der Waals surface area (Å²) in [4.78, 5) is 26.3. The van der Waals surface area contributed by atoms with Crippen molar-refractivity contribution in [1.82, 2.24) is 14.9 Å². The first-order valence-electron chi connectivity index (χ1n) is 14.5. The third-order valence-electron chi connectivity index (χ3n) is 7.95. The van der Waals surface area contributed by atoms with Gasteiger partial charge in [-0.3, -0.25) is 4.79 Å². The minimum atomic E-state index is -2.56. The van der Waals surface area contributed by atoms with Crippen molar-refractivity contribution in [1.29, 1.82) is 0 Å². The Balaban J connectivity index is 1.42. The second kappa shape index (κ2) is 13.4. The maximum absolute atomic E-state index is 12.9. The molecule has 2 aliphatic rings. The molecule has 0 radical (unpaired) electrons. The summed E-state index contributed by atoms with van der Waals surface area (Å²) >= 11 is 6.46. The Morgan fingerprint density at radius 2 is 1.79 bits per heavy atom. The highest BCUT2D eigenvalue weighted by Crippen LogP contribution is 2.41. The third-order valence-corrected chi connectivity index (χ3v) is 9.78. The molecule has 2 aromatic carbocycles. The Hall–Kier alpha value is -3.59. The van der Waals surface area contributed by atoms with Gasteiger partial charge < -0.3 is 35.1 Å². The van der Waals surface area contributed by atoms with E-state index >= 15 is 0 Å². The summed E-state index contributed by atoms with van der Waals surface area (Å²) in [6.07, 6.45) is 7.45. The van der Waals surface area contributed by atoms with E-state index < -0.39 is 7.14 Å². The summed E-state index contributed by atoms with van der Waals surface area (Å²) in [7, 11) is -0.957. The van der Waals surface area contributed by atoms with Crippen LogP contribution in [0, 0.1) is 0 Å². The maximum Gasteiger partial charge on any atom is 0.247 e. The molecule has 5 rings (SSSR count). The number of carbonyl (C=O) groups excluding carboxylic acids is 1. The molecule has 1 amide bonds. The monoisotopic (exact) mass is 623 g/mol. The molecule has 1 aromatic heterocycles. The normalized spacial score (nSPS) is 16.1. The lowest BCUT2D eigenvalue weighted by Crippen LogP contribution is -2.44. The summed E-state index contributed by atoms with van der Waals surface area (Å²) < 4.78 is 18.6. The molecule has 2 saturated heterocycles. The highest BCUT2D eigenvalue weighted by atomic mass is 35.5. The standard InChI is InChI=1S/C31H39ClN7O3P/c1-5-29(40)34-24-18-25(27(42-2)19-26(24)39-16-12-21(13-17-39)38-14-8-9-15-38)36-31-33-20-22(32)30(37-31)35-23-10-6-7-11-28(23)43(3,4)41/h5-7,10-11,18-21H,1,8-9,12-17H2,2-4H3,(H,34,40)(H2,33,35,36,37). The Kier molecular flexibility index (Phi) is 9.59. The predicted octanol–water partition coefficient (Wildman–Crippen LogP) is 6.06. The van der Waals surface area contributed by atoms with Gasteiger partial charge in [-0.2, -0.15) is 4.98 Å². The number of carbonyl (C=O) groups is 1. The Bertz CT molecular complexity index is 1530. The lowest BCUT2D eigenvalue weighted by molar-refractivity contribution is -0.111. The molecule has 12 heteroatoms. The number of halogens is 1. The first-order valence-corrected chi connectivity index (χ1v) is 17.5. The number of nitrogens with one attached hydrogen (secondary N) is 3. The number of benzene rings is 2. The SMILES string of the molecule is C=CC(=O)Nc1cc(Nc2ncc(Cl)c(Nc3ccccc3P(C)(C)=O)n2)c(OC)cc1N1CCC(N2CCCC2)CC1. The van der Waals surface area contributed by atoms with Gasteiger partial charge in [0.25, 0.3) is 0 Å². The van der Waals surface area contributed by atoms with Crippen LogP contribution >= 0.6 is 18.7 Å². The van der Waals surface area contributed by atoms with E-state index in [1.165, 1.54) is 38.2 Å². The number of likely N-dealkylation sites (tertiary alicyclic amines) is 1. The van der Waals surface area contributed by atoms with Crippen LogP contribution in [0.2, 0.25) is 5.02 Å². The van der Waals surface area contributed by atoms with Gasteiger partial charge in [0.1, 0.15) is 17.9 Å². The van der Waals surface area contributed by atoms with Crippen LogP contribution in [0.25, 0.3) is 0 Å². The van der Waals surface area contributed by atoms with Gasteiger partial charge in [-0.05, 0) is 76.4 Å². The fourth-order valence-electron chi connectivity index (χ4n) is 5.77. The number of hydrogen-bond donors (Lipinski definition) is 3. The van der Waals surface area contributed by atoms with Crippen molar-refractivity contribution < 1.29 is 14.1 Å². The minimum Gasteiger partial charge on any atom is -0.494 e. The van der Waals surface area contributed by atoms with Crippen molar-refractivity contribution in [3.05, 3.63) is 60.3 Å². The summed E-state index contributed by atoms with van der Waals surface area (Å²) in [6.45, 7) is 11.2. The molecule has 0 atom stereocenters. The first kappa shape index (κ1) is 30.9. The molecule has 0 spiro atoms. The lowest BCUT2D eigenvalue weighted by Gasteiger charge is -2.38. The zero-order chi connectivity index (χ0) is 30.6. The molecule has 2 fully saturated rings. The summed E-state index contributed by atoms with van der Waals surface area (Å²) in [5.41, 5.74) is 2.75. The molecule has 228 valence electrons. The van der Waals surface area contributed by atoms with Crippen LogP contribution in [0.1, 0.15) is 25.7 Å². The fraction of sp³-hybridized carbons (Fsp3) is 0.387. The van der Waals surface area contributed by atoms with E-state index in [0.717, 1.165) is 31.6 Å². The van der Waals surface area contributed by atoms with Gasteiger partial charge >= 0.3 is 0 Å². The molecule has 43 heavy (non-hydrogen) atoms. The lowest BCUT2D eigenvalue weighted by atomic mass is 10.0. The van der Waals surface area contributed by atoms with Crippen LogP contribution in [0.5, 0.6) is 5.75 Å². The van der Waals surface area contributed by atoms with E-state index in [0.29, 0.717) is 45.0 Å². The van der Waals surface area contributed by atoms with Gasteiger partial charge in [0.15, 0.2) is 5.82 Å².